The summed E-state index contributed by atoms with van der Waals surface area (Å²) in [4.78, 5) is 0. The highest BCUT2D eigenvalue weighted by atomic mass is 32.2. The highest BCUT2D eigenvalue weighted by Crippen LogP contribution is 1.88. The summed E-state index contributed by atoms with van der Waals surface area (Å²) in [6, 6.07) is 0. The van der Waals surface area contributed by atoms with Gasteiger partial charge in [0.05, 0.1) is 6.54 Å². The van der Waals surface area contributed by atoms with E-state index < -0.39 is 10.5 Å². The summed E-state index contributed by atoms with van der Waals surface area (Å²) in [5, 5.41) is 0. The lowest BCUT2D eigenvalue weighted by Gasteiger charge is -1.82. The first-order valence-electron chi connectivity index (χ1n) is 2.65. The lowest BCUT2D eigenvalue weighted by atomic mass is 10.3. The average molecular weight is 147 g/mol. The third-order valence-corrected chi connectivity index (χ3v) is 1.16. The van der Waals surface area contributed by atoms with Crippen LogP contribution in [0.1, 0.15) is 12.8 Å². The molecular formula is C5H9NO2S. The second-order valence-electron chi connectivity index (χ2n) is 1.50. The molecule has 0 aliphatic carbocycles. The molecule has 4 heteroatoms. The molecule has 0 rings (SSSR count). The van der Waals surface area contributed by atoms with Crippen LogP contribution in [0.5, 0.6) is 0 Å². The van der Waals surface area contributed by atoms with Crippen molar-refractivity contribution in [1.29, 1.82) is 0 Å². The van der Waals surface area contributed by atoms with Crippen LogP contribution >= 0.6 is 0 Å². The zero-order chi connectivity index (χ0) is 7.11. The Morgan fingerprint density at radius 2 is 2.22 bits per heavy atom. The summed E-state index contributed by atoms with van der Waals surface area (Å²) in [6.45, 7) is 3.86. The van der Waals surface area contributed by atoms with E-state index in [1.807, 2.05) is 0 Å². The monoisotopic (exact) mass is 147 g/mol. The van der Waals surface area contributed by atoms with E-state index in [9.17, 15) is 8.42 Å². The highest BCUT2D eigenvalue weighted by Gasteiger charge is 1.79. The first-order chi connectivity index (χ1) is 4.27. The molecule has 0 spiro atoms. The molecule has 0 aliphatic rings. The fraction of sp³-hybridized carbons (Fsp3) is 0.600. The van der Waals surface area contributed by atoms with Crippen molar-refractivity contribution in [3.8, 4) is 0 Å². The minimum absolute atomic E-state index is 0.377. The number of allylic oxidation sites excluding steroid dienone is 1. The quantitative estimate of drug-likeness (QED) is 0.440. The molecule has 0 amide bonds. The fourth-order valence-electron chi connectivity index (χ4n) is 0.375. The van der Waals surface area contributed by atoms with Crippen LogP contribution in [0.15, 0.2) is 17.0 Å². The molecule has 0 bridgehead atoms. The molecule has 0 aliphatic heterocycles. The van der Waals surface area contributed by atoms with Crippen molar-refractivity contribution in [2.75, 3.05) is 6.54 Å². The van der Waals surface area contributed by atoms with Crippen LogP contribution in [0, 0.1) is 0 Å². The second kappa shape index (κ2) is 5.50. The van der Waals surface area contributed by atoms with Gasteiger partial charge in [-0.3, -0.25) is 0 Å². The Bertz CT molecular complexity index is 185. The van der Waals surface area contributed by atoms with Crippen molar-refractivity contribution in [3.05, 3.63) is 12.7 Å². The van der Waals surface area contributed by atoms with Gasteiger partial charge in [0.15, 0.2) is 0 Å². The van der Waals surface area contributed by atoms with Crippen LogP contribution in [0.4, 0.5) is 0 Å². The third kappa shape index (κ3) is 7.36. The Labute approximate surface area is 56.1 Å². The number of hydrogen-bond donors (Lipinski definition) is 0. The zero-order valence-electron chi connectivity index (χ0n) is 5.08. The number of nitrogens with zero attached hydrogens (tertiary/aromatic N) is 1. The number of hydrogen-bond acceptors (Lipinski definition) is 3. The van der Waals surface area contributed by atoms with Gasteiger partial charge in [-0.15, -0.1) is 6.58 Å². The van der Waals surface area contributed by atoms with Gasteiger partial charge < -0.3 is 0 Å². The van der Waals surface area contributed by atoms with Crippen molar-refractivity contribution >= 4 is 10.5 Å². The van der Waals surface area contributed by atoms with Crippen molar-refractivity contribution in [2.24, 2.45) is 4.36 Å². The number of unbranched alkanes of at least 4 members (excludes halogenated alkanes) is 1. The molecule has 9 heavy (non-hydrogen) atoms. The summed E-state index contributed by atoms with van der Waals surface area (Å²) >= 11 is 0. The molecule has 0 atom stereocenters. The molecule has 0 fully saturated rings. The van der Waals surface area contributed by atoms with Gasteiger partial charge in [0.25, 0.3) is 0 Å². The number of rotatable bonds is 4. The third-order valence-electron chi connectivity index (χ3n) is 0.763. The Balaban J connectivity index is 3.31. The topological polar surface area (TPSA) is 46.5 Å². The van der Waals surface area contributed by atoms with E-state index in [1.54, 1.807) is 6.08 Å². The van der Waals surface area contributed by atoms with Gasteiger partial charge in [-0.05, 0) is 12.8 Å². The molecule has 3 nitrogen and oxygen atoms in total. The predicted molar refractivity (Wildman–Crippen MR) is 35.6 cm³/mol. The maximum absolute atomic E-state index is 9.77. The minimum atomic E-state index is -2.23. The summed E-state index contributed by atoms with van der Waals surface area (Å²) < 4.78 is 22.8. The Kier molecular flexibility index (Phi) is 5.11. The van der Waals surface area contributed by atoms with E-state index in [4.69, 9.17) is 0 Å². The molecule has 52 valence electrons. The molecule has 0 saturated heterocycles. The van der Waals surface area contributed by atoms with Crippen molar-refractivity contribution in [3.63, 3.8) is 0 Å². The SMILES string of the molecule is C=CCCCN=S(=O)=O. The van der Waals surface area contributed by atoms with Crippen LogP contribution in [-0.2, 0) is 10.5 Å². The normalized spacial score (nSPS) is 8.44. The largest absolute Gasteiger partial charge is 0.311 e. The van der Waals surface area contributed by atoms with Crippen molar-refractivity contribution in [1.82, 2.24) is 0 Å². The highest BCUT2D eigenvalue weighted by molar-refractivity contribution is 7.61. The molecular weight excluding hydrogens is 138 g/mol. The van der Waals surface area contributed by atoms with Gasteiger partial charge >= 0.3 is 10.5 Å². The van der Waals surface area contributed by atoms with E-state index in [0.717, 1.165) is 12.8 Å². The lowest BCUT2D eigenvalue weighted by molar-refractivity contribution is 0.619. The van der Waals surface area contributed by atoms with Crippen molar-refractivity contribution in [2.45, 2.75) is 12.8 Å². The van der Waals surface area contributed by atoms with E-state index in [2.05, 4.69) is 10.9 Å². The molecule has 0 aromatic rings. The van der Waals surface area contributed by atoms with E-state index >= 15 is 0 Å². The molecule has 0 heterocycles. The standard InChI is InChI=1S/C5H9NO2S/c1-2-3-4-5-6-9(7)8/h2H,1,3-5H2. The molecule has 0 saturated carbocycles. The van der Waals surface area contributed by atoms with Crippen LogP contribution < -0.4 is 0 Å². The first-order valence-corrected chi connectivity index (χ1v) is 3.68. The molecule has 0 N–H and O–H groups in total. The maximum atomic E-state index is 9.77. The summed E-state index contributed by atoms with van der Waals surface area (Å²) in [5.74, 6) is 0. The van der Waals surface area contributed by atoms with Gasteiger partial charge in [-0.2, -0.15) is 12.8 Å². The fourth-order valence-corrected chi connectivity index (χ4v) is 0.653. The Morgan fingerprint density at radius 3 is 2.67 bits per heavy atom. The zero-order valence-corrected chi connectivity index (χ0v) is 5.89. The minimum Gasteiger partial charge on any atom is -0.172 e. The van der Waals surface area contributed by atoms with Gasteiger partial charge in [0.2, 0.25) is 0 Å². The molecule has 0 aromatic heterocycles. The summed E-state index contributed by atoms with van der Waals surface area (Å²) in [5.41, 5.74) is 0. The summed E-state index contributed by atoms with van der Waals surface area (Å²) in [7, 11) is -2.23. The second-order valence-corrected chi connectivity index (χ2v) is 2.19. The van der Waals surface area contributed by atoms with Crippen LogP contribution in [0.25, 0.3) is 0 Å². The summed E-state index contributed by atoms with van der Waals surface area (Å²) in [6.07, 6.45) is 3.32. The van der Waals surface area contributed by atoms with Crippen molar-refractivity contribution < 1.29 is 8.42 Å². The predicted octanol–water partition coefficient (Wildman–Crippen LogP) is 1.02. The van der Waals surface area contributed by atoms with E-state index in [1.165, 1.54) is 0 Å². The van der Waals surface area contributed by atoms with E-state index in [-0.39, 0.29) is 0 Å². The Hall–Kier alpha value is -0.640. The van der Waals surface area contributed by atoms with Gasteiger partial charge in [0.1, 0.15) is 0 Å². The van der Waals surface area contributed by atoms with Crippen LogP contribution in [0.3, 0.4) is 0 Å². The van der Waals surface area contributed by atoms with Crippen LogP contribution in [-0.4, -0.2) is 15.0 Å². The van der Waals surface area contributed by atoms with Gasteiger partial charge in [0, 0.05) is 0 Å². The lowest BCUT2D eigenvalue weighted by Crippen LogP contribution is -1.76. The molecule has 0 radical (unpaired) electrons. The average Bonchev–Trinajstić information content (AvgIpc) is 1.80. The van der Waals surface area contributed by atoms with E-state index in [0.29, 0.717) is 6.54 Å². The maximum Gasteiger partial charge on any atom is 0.311 e. The molecule has 0 unspecified atom stereocenters. The van der Waals surface area contributed by atoms with Crippen LogP contribution in [0.2, 0.25) is 0 Å². The first kappa shape index (κ1) is 8.36. The Morgan fingerprint density at radius 1 is 1.56 bits per heavy atom. The van der Waals surface area contributed by atoms with Gasteiger partial charge in [-0.1, -0.05) is 6.08 Å². The smallest absolute Gasteiger partial charge is 0.172 e. The van der Waals surface area contributed by atoms with Gasteiger partial charge in [-0.25, -0.2) is 0 Å². The molecule has 0 aromatic carbocycles.